The lowest BCUT2D eigenvalue weighted by atomic mass is 10.1. The van der Waals surface area contributed by atoms with Gasteiger partial charge in [0.25, 0.3) is 5.91 Å². The van der Waals surface area contributed by atoms with Gasteiger partial charge in [-0.05, 0) is 87.0 Å². The Bertz CT molecular complexity index is 1720. The Morgan fingerprint density at radius 3 is 2.16 bits per heavy atom. The van der Waals surface area contributed by atoms with Gasteiger partial charge < -0.3 is 29.5 Å². The van der Waals surface area contributed by atoms with E-state index in [1.165, 1.54) is 64.1 Å². The van der Waals surface area contributed by atoms with Crippen LogP contribution in [-0.4, -0.2) is 75.0 Å². The number of hydrogen-bond acceptors (Lipinski definition) is 8. The predicted octanol–water partition coefficient (Wildman–Crippen LogP) is 6.21. The molecule has 272 valence electrons. The van der Waals surface area contributed by atoms with Crippen molar-refractivity contribution in [2.45, 2.75) is 75.3 Å². The lowest BCUT2D eigenvalue weighted by Gasteiger charge is -2.27. The van der Waals surface area contributed by atoms with E-state index in [9.17, 15) is 40.7 Å². The van der Waals surface area contributed by atoms with E-state index in [4.69, 9.17) is 14.2 Å². The summed E-state index contributed by atoms with van der Waals surface area (Å²) in [5.41, 5.74) is -0.958. The second kappa shape index (κ2) is 15.8. The molecule has 0 aliphatic carbocycles. The zero-order valence-corrected chi connectivity index (χ0v) is 28.8. The van der Waals surface area contributed by atoms with Crippen molar-refractivity contribution in [3.8, 4) is 5.75 Å². The van der Waals surface area contributed by atoms with Gasteiger partial charge in [-0.2, -0.15) is 13.2 Å². The third-order valence-corrected chi connectivity index (χ3v) is 10.0. The first-order valence-corrected chi connectivity index (χ1v) is 17.5. The molecular weight excluding hydrogens is 684 g/mol. The van der Waals surface area contributed by atoms with E-state index in [0.29, 0.717) is 24.2 Å². The number of hydrogen-bond donors (Lipinski definition) is 2. The van der Waals surface area contributed by atoms with Crippen molar-refractivity contribution in [1.29, 1.82) is 0 Å². The fourth-order valence-electron chi connectivity index (χ4n) is 5.29. The summed E-state index contributed by atoms with van der Waals surface area (Å²) in [6, 6.07) is 15.6. The molecule has 1 fully saturated rings. The normalized spacial score (nSPS) is 18.0. The van der Waals surface area contributed by atoms with Gasteiger partial charge in [-0.15, -0.1) is 0 Å². The number of nitrogens with one attached hydrogen (secondary N) is 1. The number of carboxylic acid groups (broad SMARTS) is 1. The molecule has 4 atom stereocenters. The van der Waals surface area contributed by atoms with Crippen molar-refractivity contribution in [3.63, 3.8) is 0 Å². The molecule has 0 saturated carbocycles. The zero-order valence-electron chi connectivity index (χ0n) is 27.9. The summed E-state index contributed by atoms with van der Waals surface area (Å²) in [6.45, 7) is 5.61. The Hall–Kier alpha value is -4.21. The topological polar surface area (TPSA) is 131 Å². The fraction of sp³-hybridized carbons (Fsp3) is 0.429. The Morgan fingerprint density at radius 1 is 1.00 bits per heavy atom. The summed E-state index contributed by atoms with van der Waals surface area (Å²) in [5, 5.41) is 12.3. The molecule has 1 amide bonds. The molecule has 1 aliphatic rings. The molecule has 1 heterocycles. The molecule has 0 aromatic heterocycles. The van der Waals surface area contributed by atoms with E-state index in [1.807, 2.05) is 4.90 Å². The lowest BCUT2D eigenvalue weighted by molar-refractivity contribution is -0.162. The highest BCUT2D eigenvalue weighted by molar-refractivity contribution is 7.91. The smallest absolute Gasteiger partial charge is 0.416 e. The third kappa shape index (κ3) is 9.94. The quantitative estimate of drug-likeness (QED) is 0.176. The lowest BCUT2D eigenvalue weighted by Crippen LogP contribution is -2.39. The molecule has 0 radical (unpaired) electrons. The van der Waals surface area contributed by atoms with Crippen molar-refractivity contribution in [3.05, 3.63) is 89.5 Å². The zero-order chi connectivity index (χ0) is 36.9. The highest BCUT2D eigenvalue weighted by Gasteiger charge is 2.35. The van der Waals surface area contributed by atoms with Gasteiger partial charge in [0.15, 0.2) is 21.8 Å². The van der Waals surface area contributed by atoms with E-state index in [0.717, 1.165) is 12.1 Å². The van der Waals surface area contributed by atoms with E-state index >= 15 is 0 Å². The van der Waals surface area contributed by atoms with Gasteiger partial charge in [-0.1, -0.05) is 19.1 Å². The number of carboxylic acids is 1. The van der Waals surface area contributed by atoms with E-state index in [2.05, 4.69) is 5.32 Å². The first-order chi connectivity index (χ1) is 23.4. The van der Waals surface area contributed by atoms with Crippen LogP contribution in [0.1, 0.15) is 61.6 Å². The van der Waals surface area contributed by atoms with Gasteiger partial charge >= 0.3 is 12.1 Å². The Kier molecular flexibility index (Phi) is 12.2. The molecule has 0 spiro atoms. The summed E-state index contributed by atoms with van der Waals surface area (Å²) in [5.74, 6) is -1.56. The summed E-state index contributed by atoms with van der Waals surface area (Å²) < 4.78 is 94.0. The van der Waals surface area contributed by atoms with Crippen molar-refractivity contribution >= 4 is 27.4 Å². The molecule has 1 aliphatic heterocycles. The molecule has 50 heavy (non-hydrogen) atoms. The number of rotatable bonds is 15. The minimum absolute atomic E-state index is 0.0134. The minimum Gasteiger partial charge on any atom is -0.489 e. The number of sulfone groups is 1. The van der Waals surface area contributed by atoms with Crippen LogP contribution in [0.3, 0.4) is 0 Å². The number of ether oxygens (including phenoxy) is 3. The first kappa shape index (κ1) is 38.6. The summed E-state index contributed by atoms with van der Waals surface area (Å²) in [7, 11) is -3.47. The average molecular weight is 725 g/mol. The molecule has 4 rings (SSSR count). The summed E-state index contributed by atoms with van der Waals surface area (Å²) in [6.07, 6.45) is -6.06. The molecule has 3 aromatic rings. The average Bonchev–Trinajstić information content (AvgIpc) is 3.47. The van der Waals surface area contributed by atoms with Gasteiger partial charge in [0.05, 0.1) is 48.1 Å². The van der Waals surface area contributed by atoms with Crippen LogP contribution < -0.4 is 15.0 Å². The Labute approximate surface area is 288 Å². The van der Waals surface area contributed by atoms with Crippen LogP contribution in [0.5, 0.6) is 5.75 Å². The first-order valence-electron chi connectivity index (χ1n) is 15.9. The molecule has 0 bridgehead atoms. The molecular formula is C35H40F4N2O8S. The number of amides is 1. The van der Waals surface area contributed by atoms with Crippen LogP contribution in [-0.2, 0) is 30.3 Å². The van der Waals surface area contributed by atoms with Crippen molar-refractivity contribution in [1.82, 2.24) is 5.32 Å². The number of aliphatic carboxylic acids is 1. The number of alkyl halides is 4. The van der Waals surface area contributed by atoms with Gasteiger partial charge in [0.2, 0.25) is 0 Å². The molecule has 1 saturated heterocycles. The Morgan fingerprint density at radius 2 is 1.62 bits per heavy atom. The SMILES string of the molecule is CCS(=O)(=O)c1ccc([C@H](COC(C)(C)C(=O)O)NC(=O)c2ccc(N3C[C@@H](Oc4ccc(C(F)(F)F)cc4)C[C@H]3COC(C)F)cc2)cc1. The van der Waals surface area contributed by atoms with E-state index in [-0.39, 0.29) is 41.2 Å². The highest BCUT2D eigenvalue weighted by atomic mass is 32.2. The van der Waals surface area contributed by atoms with Gasteiger partial charge in [0.1, 0.15) is 11.9 Å². The number of halogens is 4. The molecule has 3 aromatic carbocycles. The monoisotopic (exact) mass is 724 g/mol. The summed E-state index contributed by atoms with van der Waals surface area (Å²) >= 11 is 0. The molecule has 15 heteroatoms. The van der Waals surface area contributed by atoms with Crippen LogP contribution >= 0.6 is 0 Å². The second-order valence-corrected chi connectivity index (χ2v) is 14.6. The maximum absolute atomic E-state index is 13.6. The van der Waals surface area contributed by atoms with Gasteiger partial charge in [-0.25, -0.2) is 17.6 Å². The minimum atomic E-state index is -4.48. The Balaban J connectivity index is 1.50. The maximum Gasteiger partial charge on any atom is 0.416 e. The number of carbonyl (C=O) groups is 2. The van der Waals surface area contributed by atoms with Crippen LogP contribution in [0.4, 0.5) is 23.2 Å². The van der Waals surface area contributed by atoms with E-state index < -0.39 is 57.6 Å². The molecule has 10 nitrogen and oxygen atoms in total. The summed E-state index contributed by atoms with van der Waals surface area (Å²) in [4.78, 5) is 27.1. The molecule has 1 unspecified atom stereocenters. The van der Waals surface area contributed by atoms with Crippen molar-refractivity contribution in [2.75, 3.05) is 30.4 Å². The number of benzene rings is 3. The van der Waals surface area contributed by atoms with Crippen LogP contribution in [0, 0.1) is 0 Å². The number of carbonyl (C=O) groups excluding carboxylic acids is 1. The van der Waals surface area contributed by atoms with Gasteiger partial charge in [0, 0.05) is 17.7 Å². The third-order valence-electron chi connectivity index (χ3n) is 8.29. The number of anilines is 1. The maximum atomic E-state index is 13.6. The van der Waals surface area contributed by atoms with Crippen molar-refractivity contribution < 1.29 is 54.9 Å². The van der Waals surface area contributed by atoms with Crippen LogP contribution in [0.2, 0.25) is 0 Å². The fourth-order valence-corrected chi connectivity index (χ4v) is 6.17. The predicted molar refractivity (Wildman–Crippen MR) is 177 cm³/mol. The number of nitrogens with zero attached hydrogens (tertiary/aromatic N) is 1. The van der Waals surface area contributed by atoms with Crippen molar-refractivity contribution in [2.24, 2.45) is 0 Å². The van der Waals surface area contributed by atoms with E-state index in [1.54, 1.807) is 24.3 Å². The second-order valence-electron chi connectivity index (χ2n) is 12.4. The largest absolute Gasteiger partial charge is 0.489 e. The highest BCUT2D eigenvalue weighted by Crippen LogP contribution is 2.33. The van der Waals surface area contributed by atoms with Crippen LogP contribution in [0.15, 0.2) is 77.7 Å². The van der Waals surface area contributed by atoms with Crippen LogP contribution in [0.25, 0.3) is 0 Å². The van der Waals surface area contributed by atoms with Gasteiger partial charge in [-0.3, -0.25) is 4.79 Å². The molecule has 2 N–H and O–H groups in total. The standard InChI is InChI=1S/C35H40F4N2O8S/c1-5-50(45,46)30-16-8-23(9-17-30)31(21-48-34(3,4)33(43)44)40-32(42)24-6-12-26(13-7-24)41-19-29(18-27(41)20-47-22(2)36)49-28-14-10-25(11-15-28)35(37,38)39/h6-17,22,27,29,31H,5,18-21H2,1-4H3,(H,40,42)(H,43,44)/t22?,27-,29-,31-/m0/s1.